The molecule has 0 radical (unpaired) electrons. The summed E-state index contributed by atoms with van der Waals surface area (Å²) >= 11 is 0. The Balaban J connectivity index is 3.99. The van der Waals surface area contributed by atoms with Crippen molar-refractivity contribution in [2.75, 3.05) is 0 Å². The van der Waals surface area contributed by atoms with Crippen LogP contribution in [0.5, 0.6) is 0 Å². The molecular weight excluding hydrogens is 122 g/mol. The van der Waals surface area contributed by atoms with Gasteiger partial charge in [0.15, 0.2) is 0 Å². The highest BCUT2D eigenvalue weighted by atomic mass is 14.7. The highest BCUT2D eigenvalue weighted by Crippen LogP contribution is 1.95. The molecule has 0 aromatic rings. The van der Waals surface area contributed by atoms with Gasteiger partial charge in [-0.1, -0.05) is 19.4 Å². The second kappa shape index (κ2) is 5.21. The van der Waals surface area contributed by atoms with Crippen molar-refractivity contribution in [1.82, 2.24) is 0 Å². The van der Waals surface area contributed by atoms with Gasteiger partial charge < -0.3 is 0 Å². The number of allylic oxidation sites excluding steroid dienone is 1. The Morgan fingerprint density at radius 3 is 2.00 bits per heavy atom. The highest BCUT2D eigenvalue weighted by Gasteiger charge is 1.87. The third-order valence-electron chi connectivity index (χ3n) is 1.32. The van der Waals surface area contributed by atoms with Crippen LogP contribution < -0.4 is 0 Å². The van der Waals surface area contributed by atoms with E-state index in [0.717, 1.165) is 12.8 Å². The molecule has 0 bridgehead atoms. The first-order valence-corrected chi connectivity index (χ1v) is 3.89. The van der Waals surface area contributed by atoms with Crippen LogP contribution in [0.25, 0.3) is 0 Å². The van der Waals surface area contributed by atoms with Crippen molar-refractivity contribution in [3.8, 4) is 0 Å². The molecule has 0 heterocycles. The van der Waals surface area contributed by atoms with Gasteiger partial charge in [-0.05, 0) is 26.7 Å². The monoisotopic (exact) mass is 139 g/mol. The SMILES string of the molecule is CCC(CC)=NC=C(C)C. The normalized spacial score (nSPS) is 8.80. The molecule has 0 unspecified atom stereocenters. The fourth-order valence-electron chi connectivity index (χ4n) is 0.653. The van der Waals surface area contributed by atoms with Gasteiger partial charge in [-0.25, -0.2) is 0 Å². The molecular formula is C9H17N. The standard InChI is InChI=1S/C9H17N/c1-5-9(6-2)10-7-8(3)4/h7H,5-6H2,1-4H3. The first-order valence-electron chi connectivity index (χ1n) is 3.89. The molecule has 0 aromatic carbocycles. The molecule has 0 aliphatic rings. The maximum atomic E-state index is 4.31. The summed E-state index contributed by atoms with van der Waals surface area (Å²) in [6.45, 7) is 8.40. The third-order valence-corrected chi connectivity index (χ3v) is 1.32. The number of nitrogens with zero attached hydrogens (tertiary/aromatic N) is 1. The minimum atomic E-state index is 1.07. The average Bonchev–Trinajstić information content (AvgIpc) is 1.90. The van der Waals surface area contributed by atoms with E-state index in [2.05, 4.69) is 32.7 Å². The van der Waals surface area contributed by atoms with Crippen molar-refractivity contribution < 1.29 is 0 Å². The first-order chi connectivity index (χ1) is 4.70. The van der Waals surface area contributed by atoms with Crippen LogP contribution >= 0.6 is 0 Å². The van der Waals surface area contributed by atoms with Crippen molar-refractivity contribution in [2.24, 2.45) is 4.99 Å². The lowest BCUT2D eigenvalue weighted by atomic mass is 10.2. The van der Waals surface area contributed by atoms with E-state index in [1.807, 2.05) is 6.20 Å². The van der Waals surface area contributed by atoms with Crippen LogP contribution in [0.2, 0.25) is 0 Å². The van der Waals surface area contributed by atoms with Crippen LogP contribution in [0.4, 0.5) is 0 Å². The van der Waals surface area contributed by atoms with Gasteiger partial charge in [-0.2, -0.15) is 0 Å². The van der Waals surface area contributed by atoms with Crippen LogP contribution in [0, 0.1) is 0 Å². The topological polar surface area (TPSA) is 12.4 Å². The lowest BCUT2D eigenvalue weighted by Gasteiger charge is -1.94. The van der Waals surface area contributed by atoms with Crippen molar-refractivity contribution in [2.45, 2.75) is 40.5 Å². The fraction of sp³-hybridized carbons (Fsp3) is 0.667. The number of hydrogen-bond acceptors (Lipinski definition) is 1. The van der Waals surface area contributed by atoms with Gasteiger partial charge in [-0.3, -0.25) is 4.99 Å². The van der Waals surface area contributed by atoms with Crippen LogP contribution in [0.3, 0.4) is 0 Å². The first kappa shape index (κ1) is 9.41. The van der Waals surface area contributed by atoms with Gasteiger partial charge in [0, 0.05) is 11.9 Å². The number of rotatable bonds is 3. The second-order valence-electron chi connectivity index (χ2n) is 2.61. The molecule has 0 atom stereocenters. The zero-order valence-electron chi connectivity index (χ0n) is 7.44. The molecule has 1 heteroatoms. The summed E-state index contributed by atoms with van der Waals surface area (Å²) in [6, 6.07) is 0. The lowest BCUT2D eigenvalue weighted by Crippen LogP contribution is -1.90. The average molecular weight is 139 g/mol. The van der Waals surface area contributed by atoms with Crippen molar-refractivity contribution in [3.63, 3.8) is 0 Å². The summed E-state index contributed by atoms with van der Waals surface area (Å²) in [5.41, 5.74) is 2.54. The van der Waals surface area contributed by atoms with E-state index < -0.39 is 0 Å². The Hall–Kier alpha value is -0.590. The summed E-state index contributed by atoms with van der Waals surface area (Å²) in [7, 11) is 0. The van der Waals surface area contributed by atoms with E-state index >= 15 is 0 Å². The third kappa shape index (κ3) is 4.30. The minimum absolute atomic E-state index is 1.07. The van der Waals surface area contributed by atoms with Crippen LogP contribution in [-0.4, -0.2) is 5.71 Å². The zero-order chi connectivity index (χ0) is 7.98. The highest BCUT2D eigenvalue weighted by molar-refractivity contribution is 5.84. The quantitative estimate of drug-likeness (QED) is 0.532. The van der Waals surface area contributed by atoms with E-state index in [0.29, 0.717) is 0 Å². The molecule has 0 aromatic heterocycles. The van der Waals surface area contributed by atoms with E-state index in [9.17, 15) is 0 Å². The van der Waals surface area contributed by atoms with Crippen molar-refractivity contribution in [3.05, 3.63) is 11.8 Å². The predicted molar refractivity (Wildman–Crippen MR) is 47.4 cm³/mol. The number of hydrogen-bond donors (Lipinski definition) is 0. The molecule has 0 fully saturated rings. The Bertz CT molecular complexity index is 133. The molecule has 58 valence electrons. The smallest absolute Gasteiger partial charge is 0.0253 e. The second-order valence-corrected chi connectivity index (χ2v) is 2.61. The van der Waals surface area contributed by atoms with Gasteiger partial charge in [0.25, 0.3) is 0 Å². The molecule has 0 saturated carbocycles. The van der Waals surface area contributed by atoms with Crippen molar-refractivity contribution in [1.29, 1.82) is 0 Å². The van der Waals surface area contributed by atoms with E-state index in [1.165, 1.54) is 11.3 Å². The Morgan fingerprint density at radius 2 is 1.70 bits per heavy atom. The van der Waals surface area contributed by atoms with E-state index in [-0.39, 0.29) is 0 Å². The van der Waals surface area contributed by atoms with Gasteiger partial charge in [-0.15, -0.1) is 0 Å². The summed E-state index contributed by atoms with van der Waals surface area (Å²) in [6.07, 6.45) is 4.07. The van der Waals surface area contributed by atoms with Gasteiger partial charge in [0.1, 0.15) is 0 Å². The molecule has 0 spiro atoms. The summed E-state index contributed by atoms with van der Waals surface area (Å²) in [5, 5.41) is 0. The van der Waals surface area contributed by atoms with Crippen molar-refractivity contribution >= 4 is 5.71 Å². The molecule has 0 N–H and O–H groups in total. The van der Waals surface area contributed by atoms with Crippen LogP contribution in [-0.2, 0) is 0 Å². The molecule has 0 rings (SSSR count). The van der Waals surface area contributed by atoms with Gasteiger partial charge in [0.05, 0.1) is 0 Å². The maximum absolute atomic E-state index is 4.31. The lowest BCUT2D eigenvalue weighted by molar-refractivity contribution is 1.14. The predicted octanol–water partition coefficient (Wildman–Crippen LogP) is 3.17. The zero-order valence-corrected chi connectivity index (χ0v) is 7.44. The fourth-order valence-corrected chi connectivity index (χ4v) is 0.653. The molecule has 0 aliphatic carbocycles. The van der Waals surface area contributed by atoms with E-state index in [1.54, 1.807) is 0 Å². The Labute approximate surface area is 63.9 Å². The largest absolute Gasteiger partial charge is 0.266 e. The summed E-state index contributed by atoms with van der Waals surface area (Å²) in [4.78, 5) is 4.31. The Kier molecular flexibility index (Phi) is 4.91. The summed E-state index contributed by atoms with van der Waals surface area (Å²) in [5.74, 6) is 0. The van der Waals surface area contributed by atoms with Crippen LogP contribution in [0.1, 0.15) is 40.5 Å². The molecule has 0 saturated heterocycles. The number of aliphatic imine (C=N–C) groups is 1. The molecule has 0 aliphatic heterocycles. The molecule has 10 heavy (non-hydrogen) atoms. The van der Waals surface area contributed by atoms with Gasteiger partial charge >= 0.3 is 0 Å². The van der Waals surface area contributed by atoms with Gasteiger partial charge in [0.2, 0.25) is 0 Å². The molecule has 0 amide bonds. The summed E-state index contributed by atoms with van der Waals surface area (Å²) < 4.78 is 0. The van der Waals surface area contributed by atoms with Crippen LogP contribution in [0.15, 0.2) is 16.8 Å². The van der Waals surface area contributed by atoms with E-state index in [4.69, 9.17) is 0 Å². The Morgan fingerprint density at radius 1 is 1.20 bits per heavy atom. The molecule has 1 nitrogen and oxygen atoms in total. The maximum Gasteiger partial charge on any atom is 0.0253 e. The minimum Gasteiger partial charge on any atom is -0.266 e.